The lowest BCUT2D eigenvalue weighted by molar-refractivity contribution is -0.121. The Hall–Kier alpha value is -3.34. The van der Waals surface area contributed by atoms with Crippen LogP contribution in [0, 0.1) is 11.3 Å². The molecule has 6 nitrogen and oxygen atoms in total. The SMILES string of the molecule is COc1cc(C#N)ccc1OCCCC(=O)NCc1cccc(OC(F)F)c1. The average Bonchev–Trinajstić information content (AvgIpc) is 2.69. The van der Waals surface area contributed by atoms with Crippen LogP contribution in [0.4, 0.5) is 8.78 Å². The largest absolute Gasteiger partial charge is 0.493 e. The van der Waals surface area contributed by atoms with Crippen LogP contribution in [-0.4, -0.2) is 26.2 Å². The fourth-order valence-corrected chi connectivity index (χ4v) is 2.39. The predicted octanol–water partition coefficient (Wildman–Crippen LogP) is 3.64. The molecule has 0 fully saturated rings. The molecule has 0 aliphatic rings. The topological polar surface area (TPSA) is 80.6 Å². The number of benzene rings is 2. The smallest absolute Gasteiger partial charge is 0.387 e. The average molecular weight is 390 g/mol. The Labute approximate surface area is 161 Å². The molecule has 0 aromatic heterocycles. The van der Waals surface area contributed by atoms with Crippen molar-refractivity contribution in [3.8, 4) is 23.3 Å². The zero-order valence-corrected chi connectivity index (χ0v) is 15.3. The van der Waals surface area contributed by atoms with Crippen molar-refractivity contribution >= 4 is 5.91 Å². The van der Waals surface area contributed by atoms with E-state index in [1.165, 1.54) is 19.2 Å². The number of amides is 1. The number of nitriles is 1. The fourth-order valence-electron chi connectivity index (χ4n) is 2.39. The molecule has 8 heteroatoms. The fraction of sp³-hybridized carbons (Fsp3) is 0.300. The number of carbonyl (C=O) groups is 1. The standard InChI is InChI=1S/C20H20F2N2O4/c1-26-18-11-14(12-23)7-8-17(18)27-9-3-6-19(25)24-13-15-4-2-5-16(10-15)28-20(21)22/h2,4-5,7-8,10-11,20H,3,6,9,13H2,1H3,(H,24,25). The van der Waals surface area contributed by atoms with E-state index in [0.717, 1.165) is 0 Å². The normalized spacial score (nSPS) is 10.2. The minimum Gasteiger partial charge on any atom is -0.493 e. The highest BCUT2D eigenvalue weighted by Crippen LogP contribution is 2.27. The molecule has 1 N–H and O–H groups in total. The van der Waals surface area contributed by atoms with Crippen molar-refractivity contribution in [1.82, 2.24) is 5.32 Å². The highest BCUT2D eigenvalue weighted by atomic mass is 19.3. The van der Waals surface area contributed by atoms with Crippen molar-refractivity contribution in [3.05, 3.63) is 53.6 Å². The Morgan fingerprint density at radius 2 is 2.04 bits per heavy atom. The number of rotatable bonds is 10. The van der Waals surface area contributed by atoms with Crippen molar-refractivity contribution < 1.29 is 27.8 Å². The lowest BCUT2D eigenvalue weighted by atomic mass is 10.2. The van der Waals surface area contributed by atoms with Gasteiger partial charge in [0.2, 0.25) is 5.91 Å². The summed E-state index contributed by atoms with van der Waals surface area (Å²) < 4.78 is 39.5. The van der Waals surface area contributed by atoms with Crippen molar-refractivity contribution in [2.45, 2.75) is 26.0 Å². The summed E-state index contributed by atoms with van der Waals surface area (Å²) in [5, 5.41) is 11.6. The van der Waals surface area contributed by atoms with Gasteiger partial charge in [0.05, 0.1) is 25.3 Å². The summed E-state index contributed by atoms with van der Waals surface area (Å²) in [6.45, 7) is -2.38. The van der Waals surface area contributed by atoms with Gasteiger partial charge in [0.15, 0.2) is 11.5 Å². The van der Waals surface area contributed by atoms with Gasteiger partial charge in [-0.2, -0.15) is 14.0 Å². The first-order chi connectivity index (χ1) is 13.5. The molecule has 0 spiro atoms. The molecule has 2 aromatic rings. The third-order valence-corrected chi connectivity index (χ3v) is 3.71. The number of halogens is 2. The van der Waals surface area contributed by atoms with Crippen LogP contribution in [0.3, 0.4) is 0 Å². The van der Waals surface area contributed by atoms with Crippen molar-refractivity contribution in [2.24, 2.45) is 0 Å². The van der Waals surface area contributed by atoms with Gasteiger partial charge in [-0.15, -0.1) is 0 Å². The minimum atomic E-state index is -2.89. The van der Waals surface area contributed by atoms with Crippen LogP contribution < -0.4 is 19.5 Å². The maximum absolute atomic E-state index is 12.2. The van der Waals surface area contributed by atoms with Crippen LogP contribution >= 0.6 is 0 Å². The highest BCUT2D eigenvalue weighted by Gasteiger charge is 2.08. The zero-order valence-electron chi connectivity index (χ0n) is 15.3. The highest BCUT2D eigenvalue weighted by molar-refractivity contribution is 5.75. The van der Waals surface area contributed by atoms with E-state index in [-0.39, 0.29) is 24.6 Å². The molecule has 2 aromatic carbocycles. The van der Waals surface area contributed by atoms with Gasteiger partial charge in [0.1, 0.15) is 5.75 Å². The number of carbonyl (C=O) groups excluding carboxylic acids is 1. The molecule has 0 bridgehead atoms. The predicted molar refractivity (Wildman–Crippen MR) is 97.4 cm³/mol. The van der Waals surface area contributed by atoms with E-state index in [0.29, 0.717) is 35.7 Å². The van der Waals surface area contributed by atoms with Crippen LogP contribution in [0.15, 0.2) is 42.5 Å². The molecule has 0 heterocycles. The van der Waals surface area contributed by atoms with E-state index in [4.69, 9.17) is 14.7 Å². The summed E-state index contributed by atoms with van der Waals surface area (Å²) in [6.07, 6.45) is 0.718. The first-order valence-corrected chi connectivity index (χ1v) is 8.53. The summed E-state index contributed by atoms with van der Waals surface area (Å²) in [4.78, 5) is 11.9. The molecule has 1 amide bonds. The number of ether oxygens (including phenoxy) is 3. The Morgan fingerprint density at radius 1 is 1.21 bits per heavy atom. The van der Waals surface area contributed by atoms with Crippen LogP contribution in [0.25, 0.3) is 0 Å². The minimum absolute atomic E-state index is 0.0477. The summed E-state index contributed by atoms with van der Waals surface area (Å²) in [7, 11) is 1.48. The molecular formula is C20H20F2N2O4. The molecule has 28 heavy (non-hydrogen) atoms. The number of alkyl halides is 2. The van der Waals surface area contributed by atoms with E-state index < -0.39 is 6.61 Å². The molecule has 0 unspecified atom stereocenters. The number of nitrogens with zero attached hydrogens (tertiary/aromatic N) is 1. The Kier molecular flexibility index (Phi) is 8.03. The van der Waals surface area contributed by atoms with Gasteiger partial charge in [-0.05, 0) is 36.2 Å². The summed E-state index contributed by atoms with van der Waals surface area (Å²) >= 11 is 0. The van der Waals surface area contributed by atoms with E-state index in [2.05, 4.69) is 10.1 Å². The van der Waals surface area contributed by atoms with Crippen LogP contribution in [0.1, 0.15) is 24.0 Å². The summed E-state index contributed by atoms with van der Waals surface area (Å²) in [5.74, 6) is 0.814. The number of hydrogen-bond donors (Lipinski definition) is 1. The molecule has 0 radical (unpaired) electrons. The Bertz CT molecular complexity index is 837. The van der Waals surface area contributed by atoms with Gasteiger partial charge in [0.25, 0.3) is 0 Å². The van der Waals surface area contributed by atoms with Crippen LogP contribution in [-0.2, 0) is 11.3 Å². The van der Waals surface area contributed by atoms with Crippen molar-refractivity contribution in [3.63, 3.8) is 0 Å². The number of hydrogen-bond acceptors (Lipinski definition) is 5. The first-order valence-electron chi connectivity index (χ1n) is 8.53. The summed E-state index contributed by atoms with van der Waals surface area (Å²) in [5.41, 5.74) is 1.12. The number of nitrogens with one attached hydrogen (secondary N) is 1. The Balaban J connectivity index is 1.73. The maximum Gasteiger partial charge on any atom is 0.387 e. The second kappa shape index (κ2) is 10.7. The van der Waals surface area contributed by atoms with Crippen molar-refractivity contribution in [1.29, 1.82) is 5.26 Å². The Morgan fingerprint density at radius 3 is 2.75 bits per heavy atom. The maximum atomic E-state index is 12.2. The third-order valence-electron chi connectivity index (χ3n) is 3.71. The quantitative estimate of drug-likeness (QED) is 0.627. The molecule has 0 atom stereocenters. The molecule has 0 saturated heterocycles. The lowest BCUT2D eigenvalue weighted by Gasteiger charge is -2.11. The monoisotopic (exact) mass is 390 g/mol. The molecule has 148 valence electrons. The molecule has 0 saturated carbocycles. The van der Waals surface area contributed by atoms with Gasteiger partial charge >= 0.3 is 6.61 Å². The second-order valence-electron chi connectivity index (χ2n) is 5.73. The zero-order chi connectivity index (χ0) is 20.4. The van der Waals surface area contributed by atoms with Gasteiger partial charge in [-0.3, -0.25) is 4.79 Å². The van der Waals surface area contributed by atoms with Gasteiger partial charge < -0.3 is 19.5 Å². The van der Waals surface area contributed by atoms with E-state index in [1.54, 1.807) is 30.3 Å². The molecule has 0 aliphatic heterocycles. The van der Waals surface area contributed by atoms with Gasteiger partial charge in [-0.1, -0.05) is 12.1 Å². The van der Waals surface area contributed by atoms with E-state index in [1.807, 2.05) is 6.07 Å². The van der Waals surface area contributed by atoms with E-state index >= 15 is 0 Å². The molecule has 0 aliphatic carbocycles. The molecule has 2 rings (SSSR count). The van der Waals surface area contributed by atoms with Gasteiger partial charge in [0, 0.05) is 19.0 Å². The second-order valence-corrected chi connectivity index (χ2v) is 5.73. The summed E-state index contributed by atoms with van der Waals surface area (Å²) in [6, 6.07) is 13.0. The molecular weight excluding hydrogens is 370 g/mol. The van der Waals surface area contributed by atoms with Gasteiger partial charge in [-0.25, -0.2) is 0 Å². The lowest BCUT2D eigenvalue weighted by Crippen LogP contribution is -2.23. The third kappa shape index (κ3) is 6.76. The van der Waals surface area contributed by atoms with E-state index in [9.17, 15) is 13.6 Å². The van der Waals surface area contributed by atoms with Crippen LogP contribution in [0.2, 0.25) is 0 Å². The number of methoxy groups -OCH3 is 1. The van der Waals surface area contributed by atoms with Crippen molar-refractivity contribution in [2.75, 3.05) is 13.7 Å². The first kappa shape index (κ1) is 21.0. The van der Waals surface area contributed by atoms with Crippen LogP contribution in [0.5, 0.6) is 17.2 Å².